The van der Waals surface area contributed by atoms with E-state index < -0.39 is 210 Å². The topological polar surface area (TPSA) is 529 Å². The van der Waals surface area contributed by atoms with Crippen LogP contribution in [0.1, 0.15) is 155 Å². The summed E-state index contributed by atoms with van der Waals surface area (Å²) in [6, 6.07) is 0. The second-order valence-electron chi connectivity index (χ2n) is 31.2. The van der Waals surface area contributed by atoms with Crippen LogP contribution in [0.15, 0.2) is 12.4 Å². The molecule has 28 atom stereocenters. The van der Waals surface area contributed by atoms with Gasteiger partial charge in [0.15, 0.2) is 49.6 Å². The molecule has 0 amide bonds. The van der Waals surface area contributed by atoms with Crippen molar-refractivity contribution in [2.24, 2.45) is 23.7 Å². The molecular formula is C74H120N6O33. The van der Waals surface area contributed by atoms with Crippen LogP contribution < -0.4 is 0 Å². The van der Waals surface area contributed by atoms with Crippen LogP contribution in [0.3, 0.4) is 0 Å². The van der Waals surface area contributed by atoms with Gasteiger partial charge in [0.2, 0.25) is 0 Å². The van der Waals surface area contributed by atoms with Crippen LogP contribution >= 0.6 is 0 Å². The molecule has 113 heavy (non-hydrogen) atoms. The van der Waals surface area contributed by atoms with E-state index in [1.807, 2.05) is 13.8 Å². The number of esters is 2. The monoisotopic (exact) mass is 1620 g/mol. The van der Waals surface area contributed by atoms with Gasteiger partial charge in [0.1, 0.15) is 97.7 Å². The normalized spacial score (nSPS) is 36.2. The van der Waals surface area contributed by atoms with Gasteiger partial charge in [0.05, 0.1) is 128 Å². The molecule has 39 heteroatoms. The Kier molecular flexibility index (Phi) is 35.9. The third-order valence-corrected chi connectivity index (χ3v) is 22.6. The quantitative estimate of drug-likeness (QED) is 0.0283. The van der Waals surface area contributed by atoms with Gasteiger partial charge in [-0.15, -0.1) is 10.2 Å². The number of aliphatic carboxylic acids is 2. The number of hydrogen-bond acceptors (Lipinski definition) is 35. The van der Waals surface area contributed by atoms with E-state index in [2.05, 4.69) is 20.6 Å². The number of carbonyl (C=O) groups is 4. The Morgan fingerprint density at radius 2 is 0.779 bits per heavy atom. The number of nitrogens with zero attached hydrogens (tertiary/aromatic N) is 6. The summed E-state index contributed by atoms with van der Waals surface area (Å²) in [7, 11) is 0. The van der Waals surface area contributed by atoms with Crippen LogP contribution in [-0.2, 0) is 126 Å². The summed E-state index contributed by atoms with van der Waals surface area (Å²) >= 11 is 0. The average Bonchev–Trinajstić information content (AvgIpc) is 1.24. The summed E-state index contributed by atoms with van der Waals surface area (Å²) in [5.74, 6) is -4.84. The minimum Gasteiger partial charge on any atom is -0.479 e. The highest BCUT2D eigenvalue weighted by molar-refractivity contribution is 5.73. The maximum Gasteiger partial charge on any atom is 0.332 e. The van der Waals surface area contributed by atoms with Crippen molar-refractivity contribution >= 4 is 23.9 Å². The van der Waals surface area contributed by atoms with E-state index in [1.165, 1.54) is 35.6 Å². The van der Waals surface area contributed by atoms with E-state index in [4.69, 9.17) is 80.5 Å². The lowest BCUT2D eigenvalue weighted by molar-refractivity contribution is -0.349. The average molecular weight is 1620 g/mol. The zero-order valence-corrected chi connectivity index (χ0v) is 64.7. The van der Waals surface area contributed by atoms with E-state index in [9.17, 15) is 80.5 Å². The molecule has 2 aromatic rings. The predicted octanol–water partition coefficient (Wildman–Crippen LogP) is -0.914. The van der Waals surface area contributed by atoms with Crippen molar-refractivity contribution in [2.75, 3.05) is 66.1 Å². The molecule has 8 fully saturated rings. The fraction of sp³-hybridized carbons (Fsp3) is 0.892. The van der Waals surface area contributed by atoms with Crippen LogP contribution in [0.4, 0.5) is 0 Å². The molecule has 0 radical (unpaired) electrons. The second kappa shape index (κ2) is 44.8. The molecule has 12 N–H and O–H groups in total. The largest absolute Gasteiger partial charge is 0.479 e. The first-order valence-corrected chi connectivity index (χ1v) is 40.1. The molecule has 8 aliphatic rings. The Morgan fingerprint density at radius 3 is 1.13 bits per heavy atom. The van der Waals surface area contributed by atoms with Gasteiger partial charge in [-0.2, -0.15) is 0 Å². The van der Waals surface area contributed by atoms with Gasteiger partial charge >= 0.3 is 23.9 Å². The van der Waals surface area contributed by atoms with Crippen molar-refractivity contribution < 1.29 is 161 Å². The van der Waals surface area contributed by atoms with Gasteiger partial charge in [-0.1, -0.05) is 101 Å². The molecule has 10 unspecified atom stereocenters. The Balaban J connectivity index is 0.636. The molecule has 39 nitrogen and oxygen atoms in total. The van der Waals surface area contributed by atoms with Gasteiger partial charge in [0, 0.05) is 0 Å². The highest BCUT2D eigenvalue weighted by Crippen LogP contribution is 2.41. The summed E-state index contributed by atoms with van der Waals surface area (Å²) in [5, 5.41) is 145. The SMILES string of the molecule is CC1O[C@@H](O[C@@H]2C(C)CCC[C@H]2O[C@@H]2O[C@@H](CO)[C@H](O)C(O[C@@H](CC3CCCCC3)C(=O)O)C2OC(=O)Cn2cc(COCCOCCOCCOCCOCc3cn(CC(=O)OC4C(O[C@@H](CC5CCCCC5)C(=O)O)[C@@H](O)[C@H](CO)O[C@H]4O[C@@H]4CCCC(C)[C@H]4O[C@@H]4OC(C)[C@@H](O)[C@H](O)C4O)nn3)nn2)C(O)[C@@H](O)[C@@H]1O. The Bertz CT molecular complexity index is 2950. The first kappa shape index (κ1) is 90.5. The summed E-state index contributed by atoms with van der Waals surface area (Å²) in [6.07, 6.45) is -20.3. The van der Waals surface area contributed by atoms with Crippen LogP contribution in [0, 0.1) is 23.7 Å². The van der Waals surface area contributed by atoms with Crippen LogP contribution in [-0.4, -0.2) is 341 Å². The zero-order valence-electron chi connectivity index (χ0n) is 64.7. The first-order valence-electron chi connectivity index (χ1n) is 40.1. The number of carboxylic acids is 2. The van der Waals surface area contributed by atoms with Gasteiger partial charge < -0.3 is 142 Å². The zero-order chi connectivity index (χ0) is 80.8. The Hall–Kier alpha value is -4.84. The number of aromatic nitrogens is 6. The van der Waals surface area contributed by atoms with E-state index in [0.717, 1.165) is 64.2 Å². The molecule has 2 aromatic heterocycles. The maximum absolute atomic E-state index is 14.0. The number of rotatable bonds is 42. The smallest absolute Gasteiger partial charge is 0.332 e. The molecule has 0 aromatic carbocycles. The van der Waals surface area contributed by atoms with Crippen LogP contribution in [0.25, 0.3) is 0 Å². The molecule has 4 aliphatic carbocycles. The van der Waals surface area contributed by atoms with Crippen molar-refractivity contribution in [3.05, 3.63) is 23.8 Å². The number of carbonyl (C=O) groups excluding carboxylic acids is 2. The predicted molar refractivity (Wildman–Crippen MR) is 380 cm³/mol. The third kappa shape index (κ3) is 25.6. The summed E-state index contributed by atoms with van der Waals surface area (Å²) in [6.45, 7) is 6.01. The number of aliphatic hydroxyl groups is 10. The first-order chi connectivity index (χ1) is 54.4. The van der Waals surface area contributed by atoms with Gasteiger partial charge in [0.25, 0.3) is 0 Å². The van der Waals surface area contributed by atoms with Crippen molar-refractivity contribution in [3.63, 3.8) is 0 Å². The molecule has 644 valence electrons. The lowest BCUT2D eigenvalue weighted by Crippen LogP contribution is -2.64. The summed E-state index contributed by atoms with van der Waals surface area (Å²) in [5.41, 5.74) is 0.709. The van der Waals surface area contributed by atoms with Crippen LogP contribution in [0.2, 0.25) is 0 Å². The number of ether oxygens (including phenoxy) is 17. The molecular weight excluding hydrogens is 1500 g/mol. The van der Waals surface area contributed by atoms with Gasteiger partial charge in [-0.3, -0.25) is 9.59 Å². The highest BCUT2D eigenvalue weighted by Gasteiger charge is 2.56. The molecule has 0 bridgehead atoms. The van der Waals surface area contributed by atoms with Crippen molar-refractivity contribution in [2.45, 2.75) is 329 Å². The highest BCUT2D eigenvalue weighted by atomic mass is 16.8. The fourth-order valence-corrected chi connectivity index (χ4v) is 16.2. The Labute approximate surface area is 655 Å². The van der Waals surface area contributed by atoms with Gasteiger partial charge in [-0.05, 0) is 76.0 Å². The second-order valence-corrected chi connectivity index (χ2v) is 31.2. The molecule has 4 saturated heterocycles. The molecule has 10 rings (SSSR count). The standard InChI is InChI=1S/C74H120N6O33/c1-39-13-11-19-47(63(39)112-71-61(91)59(89)55(85)41(3)102-71)106-73-67(65(57(87)51(35-81)108-73)104-49(69(93)94)29-43-15-7-5-8-16-43)110-53(83)33-79-31-45(75-77-79)37-100-27-25-98-23-21-97-22-24-99-26-28-101-38-46-32-80(78-76-46)34-54(84)111-68-66(105-50(70(95)96)30-44-17-9-6-10-18-44)58(88)52(36-82)109-74(68)107-48-20-12-14-40(2)64(48)113-72-62(92)60(90)56(86)42(4)103-72/h31-32,39-44,47-52,55-68,71-74,81-82,85-92H,5-30,33-38H2,1-4H3,(H,93,94)(H,95,96)/t39?,40?,41?,42?,47-,48-,49+,50+,51+,52+,55-,56-,57+,58+,59+,60+,61?,62?,63-,64-,65?,66?,67?,68?,71+,72+,73-,74-/m1/s1. The molecule has 6 heterocycles. The number of hydrogen-bond donors (Lipinski definition) is 12. The van der Waals surface area contributed by atoms with Gasteiger partial charge in [-0.25, -0.2) is 19.0 Å². The van der Waals surface area contributed by atoms with E-state index >= 15 is 0 Å². The minimum absolute atomic E-state index is 0.00719. The lowest BCUT2D eigenvalue weighted by atomic mass is 9.85. The van der Waals surface area contributed by atoms with Crippen LogP contribution in [0.5, 0.6) is 0 Å². The third-order valence-electron chi connectivity index (χ3n) is 22.6. The Morgan fingerprint density at radius 1 is 0.416 bits per heavy atom. The summed E-state index contributed by atoms with van der Waals surface area (Å²) in [4.78, 5) is 53.7. The van der Waals surface area contributed by atoms with E-state index in [-0.39, 0.29) is 103 Å². The van der Waals surface area contributed by atoms with Crippen molar-refractivity contribution in [3.8, 4) is 0 Å². The molecule has 0 spiro atoms. The lowest BCUT2D eigenvalue weighted by Gasteiger charge is -2.47. The minimum atomic E-state index is -1.70. The van der Waals surface area contributed by atoms with Crippen molar-refractivity contribution in [1.82, 2.24) is 30.0 Å². The molecule has 4 aliphatic heterocycles. The van der Waals surface area contributed by atoms with Crippen molar-refractivity contribution in [1.29, 1.82) is 0 Å². The summed E-state index contributed by atoms with van der Waals surface area (Å²) < 4.78 is 105. The molecule has 4 saturated carbocycles. The fourth-order valence-electron chi connectivity index (χ4n) is 16.2. The van der Waals surface area contributed by atoms with E-state index in [1.54, 1.807) is 0 Å². The number of aliphatic hydroxyl groups excluding tert-OH is 10. The van der Waals surface area contributed by atoms with E-state index in [0.29, 0.717) is 49.9 Å². The number of carboxylic acid groups (broad SMARTS) is 2. The maximum atomic E-state index is 14.0.